The Hall–Kier alpha value is -0.530. The summed E-state index contributed by atoms with van der Waals surface area (Å²) in [5.41, 5.74) is 1.16. The van der Waals surface area contributed by atoms with E-state index in [0.29, 0.717) is 6.42 Å². The molecule has 0 heterocycles. The lowest BCUT2D eigenvalue weighted by Crippen LogP contribution is -2.24. The van der Waals surface area contributed by atoms with E-state index in [1.165, 1.54) is 0 Å². The zero-order valence-corrected chi connectivity index (χ0v) is 7.88. The summed E-state index contributed by atoms with van der Waals surface area (Å²) in [6.07, 6.45) is 0.700. The standard InChI is InChI=1S/C10H13ClO/c1-10(11,8-12)7-9-5-3-2-4-6-9/h2-6,12H,7-8H2,1H3. The van der Waals surface area contributed by atoms with Gasteiger partial charge >= 0.3 is 0 Å². The molecule has 0 bridgehead atoms. The van der Waals surface area contributed by atoms with Crippen LogP contribution in [0.2, 0.25) is 0 Å². The fraction of sp³-hybridized carbons (Fsp3) is 0.400. The minimum atomic E-state index is -0.526. The SMILES string of the molecule is CC(Cl)(CO)Cc1ccccc1. The molecule has 0 aliphatic carbocycles. The van der Waals surface area contributed by atoms with Crippen LogP contribution in [0.1, 0.15) is 12.5 Å². The van der Waals surface area contributed by atoms with Crippen LogP contribution in [0, 0.1) is 0 Å². The van der Waals surface area contributed by atoms with Crippen molar-refractivity contribution in [1.82, 2.24) is 0 Å². The van der Waals surface area contributed by atoms with Gasteiger partial charge in [0, 0.05) is 0 Å². The van der Waals surface area contributed by atoms with Crippen LogP contribution in [0.4, 0.5) is 0 Å². The fourth-order valence-corrected chi connectivity index (χ4v) is 1.23. The molecule has 1 N–H and O–H groups in total. The minimum absolute atomic E-state index is 0.00342. The third kappa shape index (κ3) is 2.84. The van der Waals surface area contributed by atoms with E-state index >= 15 is 0 Å². The summed E-state index contributed by atoms with van der Waals surface area (Å²) < 4.78 is 0. The van der Waals surface area contributed by atoms with Gasteiger partial charge in [0.15, 0.2) is 0 Å². The van der Waals surface area contributed by atoms with Crippen molar-refractivity contribution in [3.8, 4) is 0 Å². The maximum atomic E-state index is 8.92. The molecule has 0 spiro atoms. The Kier molecular flexibility index (Phi) is 3.12. The maximum Gasteiger partial charge on any atom is 0.0688 e. The molecule has 0 aliphatic heterocycles. The molecule has 0 fully saturated rings. The molecule has 0 saturated carbocycles. The second-order valence-electron chi connectivity index (χ2n) is 3.23. The van der Waals surface area contributed by atoms with Gasteiger partial charge in [0.05, 0.1) is 11.5 Å². The van der Waals surface area contributed by atoms with Crippen LogP contribution in [0.3, 0.4) is 0 Å². The number of benzene rings is 1. The van der Waals surface area contributed by atoms with Crippen molar-refractivity contribution in [3.05, 3.63) is 35.9 Å². The first-order valence-electron chi connectivity index (χ1n) is 3.98. The van der Waals surface area contributed by atoms with E-state index in [2.05, 4.69) is 0 Å². The molecule has 1 unspecified atom stereocenters. The Morgan fingerprint density at radius 1 is 1.33 bits per heavy atom. The molecule has 1 atom stereocenters. The molecule has 0 amide bonds. The van der Waals surface area contributed by atoms with Crippen LogP contribution in [0.25, 0.3) is 0 Å². The third-order valence-corrected chi connectivity index (χ3v) is 2.00. The molecular weight excluding hydrogens is 172 g/mol. The Balaban J connectivity index is 2.64. The largest absolute Gasteiger partial charge is 0.395 e. The molecule has 1 rings (SSSR count). The summed E-state index contributed by atoms with van der Waals surface area (Å²) in [6.45, 7) is 1.84. The Bertz CT molecular complexity index is 231. The van der Waals surface area contributed by atoms with Gasteiger partial charge in [0.1, 0.15) is 0 Å². The Labute approximate surface area is 78.0 Å². The van der Waals surface area contributed by atoms with E-state index in [1.807, 2.05) is 37.3 Å². The Morgan fingerprint density at radius 2 is 1.92 bits per heavy atom. The number of rotatable bonds is 3. The first-order chi connectivity index (χ1) is 5.64. The highest BCUT2D eigenvalue weighted by molar-refractivity contribution is 6.23. The van der Waals surface area contributed by atoms with Crippen LogP contribution >= 0.6 is 11.6 Å². The lowest BCUT2D eigenvalue weighted by molar-refractivity contribution is 0.252. The monoisotopic (exact) mass is 184 g/mol. The molecule has 2 heteroatoms. The molecule has 0 saturated heterocycles. The molecule has 12 heavy (non-hydrogen) atoms. The van der Waals surface area contributed by atoms with Crippen LogP contribution in [0.5, 0.6) is 0 Å². The predicted octanol–water partition coefficient (Wildman–Crippen LogP) is 2.22. The number of aliphatic hydroxyl groups is 1. The summed E-state index contributed by atoms with van der Waals surface area (Å²) >= 11 is 6.01. The van der Waals surface area contributed by atoms with Crippen LogP contribution in [-0.2, 0) is 6.42 Å². The zero-order valence-electron chi connectivity index (χ0n) is 7.13. The van der Waals surface area contributed by atoms with Crippen molar-refractivity contribution in [2.24, 2.45) is 0 Å². The lowest BCUT2D eigenvalue weighted by atomic mass is 10.0. The summed E-state index contributed by atoms with van der Waals surface area (Å²) in [6, 6.07) is 9.93. The zero-order chi connectivity index (χ0) is 9.03. The highest BCUT2D eigenvalue weighted by Gasteiger charge is 2.19. The predicted molar refractivity (Wildman–Crippen MR) is 51.5 cm³/mol. The van der Waals surface area contributed by atoms with Gasteiger partial charge in [-0.1, -0.05) is 30.3 Å². The van der Waals surface area contributed by atoms with Crippen LogP contribution in [-0.4, -0.2) is 16.6 Å². The normalized spacial score (nSPS) is 15.6. The second kappa shape index (κ2) is 3.92. The average molecular weight is 185 g/mol. The fourth-order valence-electron chi connectivity index (χ4n) is 1.08. The number of halogens is 1. The van der Waals surface area contributed by atoms with Crippen molar-refractivity contribution in [2.45, 2.75) is 18.2 Å². The van der Waals surface area contributed by atoms with Crippen molar-refractivity contribution in [2.75, 3.05) is 6.61 Å². The van der Waals surface area contributed by atoms with Crippen molar-refractivity contribution < 1.29 is 5.11 Å². The summed E-state index contributed by atoms with van der Waals surface area (Å²) in [4.78, 5) is -0.526. The van der Waals surface area contributed by atoms with Gasteiger partial charge in [-0.05, 0) is 18.9 Å². The number of alkyl halides is 1. The van der Waals surface area contributed by atoms with E-state index in [4.69, 9.17) is 16.7 Å². The van der Waals surface area contributed by atoms with E-state index in [-0.39, 0.29) is 6.61 Å². The number of aliphatic hydroxyl groups excluding tert-OH is 1. The first-order valence-corrected chi connectivity index (χ1v) is 4.35. The van der Waals surface area contributed by atoms with Crippen LogP contribution < -0.4 is 0 Å². The van der Waals surface area contributed by atoms with Gasteiger partial charge in [-0.3, -0.25) is 0 Å². The van der Waals surface area contributed by atoms with Crippen LogP contribution in [0.15, 0.2) is 30.3 Å². The average Bonchev–Trinajstić information content (AvgIpc) is 2.06. The van der Waals surface area contributed by atoms with E-state index in [9.17, 15) is 0 Å². The maximum absolute atomic E-state index is 8.92. The molecule has 66 valence electrons. The van der Waals surface area contributed by atoms with Gasteiger partial charge in [0.2, 0.25) is 0 Å². The highest BCUT2D eigenvalue weighted by Crippen LogP contribution is 2.19. The summed E-state index contributed by atoms with van der Waals surface area (Å²) in [7, 11) is 0. The number of hydrogen-bond acceptors (Lipinski definition) is 1. The van der Waals surface area contributed by atoms with Gasteiger partial charge in [-0.25, -0.2) is 0 Å². The molecule has 0 aliphatic rings. The van der Waals surface area contributed by atoms with Gasteiger partial charge in [-0.2, -0.15) is 0 Å². The number of hydrogen-bond donors (Lipinski definition) is 1. The van der Waals surface area contributed by atoms with E-state index in [0.717, 1.165) is 5.56 Å². The quantitative estimate of drug-likeness (QED) is 0.715. The summed E-state index contributed by atoms with van der Waals surface area (Å²) in [5, 5.41) is 8.92. The smallest absolute Gasteiger partial charge is 0.0688 e. The molecule has 0 aromatic heterocycles. The van der Waals surface area contributed by atoms with Gasteiger partial charge < -0.3 is 5.11 Å². The minimum Gasteiger partial charge on any atom is -0.395 e. The molecule has 1 nitrogen and oxygen atoms in total. The molecular formula is C10H13ClO. The third-order valence-electron chi connectivity index (χ3n) is 1.75. The van der Waals surface area contributed by atoms with Crippen molar-refractivity contribution >= 4 is 11.6 Å². The molecule has 0 radical (unpaired) electrons. The van der Waals surface area contributed by atoms with Gasteiger partial charge in [0.25, 0.3) is 0 Å². The van der Waals surface area contributed by atoms with E-state index < -0.39 is 4.87 Å². The molecule has 1 aromatic carbocycles. The van der Waals surface area contributed by atoms with E-state index in [1.54, 1.807) is 0 Å². The topological polar surface area (TPSA) is 20.2 Å². The lowest BCUT2D eigenvalue weighted by Gasteiger charge is -2.18. The summed E-state index contributed by atoms with van der Waals surface area (Å²) in [5.74, 6) is 0. The van der Waals surface area contributed by atoms with Crippen molar-refractivity contribution in [3.63, 3.8) is 0 Å². The first kappa shape index (κ1) is 9.56. The second-order valence-corrected chi connectivity index (χ2v) is 4.15. The highest BCUT2D eigenvalue weighted by atomic mass is 35.5. The van der Waals surface area contributed by atoms with Crippen molar-refractivity contribution in [1.29, 1.82) is 0 Å². The molecule has 1 aromatic rings. The van der Waals surface area contributed by atoms with Gasteiger partial charge in [-0.15, -0.1) is 11.6 Å². The Morgan fingerprint density at radius 3 is 2.42 bits per heavy atom.